The lowest BCUT2D eigenvalue weighted by Gasteiger charge is -2.39. The van der Waals surface area contributed by atoms with E-state index in [1.807, 2.05) is 30.3 Å². The number of benzene rings is 3. The summed E-state index contributed by atoms with van der Waals surface area (Å²) in [7, 11) is 1.76. The number of likely N-dealkylation sites (N-methyl/N-ethyl adjacent to an activating group) is 1. The molecule has 1 amide bonds. The first-order valence-corrected chi connectivity index (χ1v) is 13.7. The summed E-state index contributed by atoms with van der Waals surface area (Å²) in [6.45, 7) is 1.97. The van der Waals surface area contributed by atoms with Gasteiger partial charge in [0.15, 0.2) is 0 Å². The van der Waals surface area contributed by atoms with Crippen molar-refractivity contribution in [1.82, 2.24) is 9.80 Å². The highest BCUT2D eigenvalue weighted by molar-refractivity contribution is 6.31. The van der Waals surface area contributed by atoms with Gasteiger partial charge in [-0.2, -0.15) is 13.2 Å². The van der Waals surface area contributed by atoms with Gasteiger partial charge in [-0.15, -0.1) is 0 Å². The van der Waals surface area contributed by atoms with Gasteiger partial charge in [-0.25, -0.2) is 4.39 Å². The standard InChI is InChI=1S/C31H31ClF4N2O2/c1-37(19-21-7-10-25(33)11-8-21)28(39)30(22-5-3-2-4-6-22)18-24(30)20-38-15-13-29(40,14-16-38)23-9-12-27(32)26(17-23)31(34,35)36/h2-12,17,24,40H,13-16,18-20H2,1H3/t24-,30+/m0/s1. The van der Waals surface area contributed by atoms with Gasteiger partial charge in [-0.3, -0.25) is 4.79 Å². The van der Waals surface area contributed by atoms with Gasteiger partial charge in [-0.05, 0) is 66.1 Å². The van der Waals surface area contributed by atoms with Crippen molar-refractivity contribution in [3.8, 4) is 0 Å². The van der Waals surface area contributed by atoms with Crippen molar-refractivity contribution in [2.24, 2.45) is 5.92 Å². The number of hydrogen-bond donors (Lipinski definition) is 1. The Morgan fingerprint density at radius 2 is 1.68 bits per heavy atom. The molecule has 0 radical (unpaired) electrons. The number of rotatable bonds is 7. The van der Waals surface area contributed by atoms with Crippen molar-refractivity contribution in [3.63, 3.8) is 0 Å². The third kappa shape index (κ3) is 5.62. The molecule has 4 nitrogen and oxygen atoms in total. The van der Waals surface area contributed by atoms with Crippen LogP contribution < -0.4 is 0 Å². The van der Waals surface area contributed by atoms with Gasteiger partial charge in [0.25, 0.3) is 0 Å². The fraction of sp³-hybridized carbons (Fsp3) is 0.387. The van der Waals surface area contributed by atoms with E-state index in [1.54, 1.807) is 24.1 Å². The zero-order valence-electron chi connectivity index (χ0n) is 22.1. The number of hydrogen-bond acceptors (Lipinski definition) is 3. The van der Waals surface area contributed by atoms with Crippen molar-refractivity contribution in [1.29, 1.82) is 0 Å². The van der Waals surface area contributed by atoms with Gasteiger partial charge in [-0.1, -0.05) is 60.1 Å². The molecule has 2 atom stereocenters. The number of likely N-dealkylation sites (tertiary alicyclic amines) is 1. The Hall–Kier alpha value is -2.94. The molecule has 3 aromatic carbocycles. The van der Waals surface area contributed by atoms with E-state index in [9.17, 15) is 27.5 Å². The van der Waals surface area contributed by atoms with Crippen LogP contribution in [-0.4, -0.2) is 47.5 Å². The van der Waals surface area contributed by atoms with Crippen LogP contribution in [0.1, 0.15) is 41.5 Å². The zero-order chi connectivity index (χ0) is 28.7. The molecule has 0 bridgehead atoms. The number of nitrogens with zero attached hydrogens (tertiary/aromatic N) is 2. The molecule has 1 N–H and O–H groups in total. The summed E-state index contributed by atoms with van der Waals surface area (Å²) in [4.78, 5) is 17.7. The summed E-state index contributed by atoms with van der Waals surface area (Å²) in [5.41, 5.74) is -1.01. The highest BCUT2D eigenvalue weighted by Crippen LogP contribution is 2.56. The van der Waals surface area contributed by atoms with E-state index in [-0.39, 0.29) is 36.0 Å². The Bertz CT molecular complexity index is 1360. The van der Waals surface area contributed by atoms with Gasteiger partial charge in [0.2, 0.25) is 5.91 Å². The lowest BCUT2D eigenvalue weighted by atomic mass is 9.83. The lowest BCUT2D eigenvalue weighted by molar-refractivity contribution is -0.137. The minimum Gasteiger partial charge on any atom is -0.385 e. The van der Waals surface area contributed by atoms with Crippen LogP contribution >= 0.6 is 11.6 Å². The molecule has 5 rings (SSSR count). The van der Waals surface area contributed by atoms with E-state index in [0.717, 1.165) is 17.2 Å². The molecule has 2 aliphatic rings. The van der Waals surface area contributed by atoms with Crippen LogP contribution in [0.5, 0.6) is 0 Å². The number of carbonyl (C=O) groups is 1. The molecule has 1 aliphatic carbocycles. The second-order valence-electron chi connectivity index (χ2n) is 11.1. The molecule has 1 aliphatic heterocycles. The molecule has 2 fully saturated rings. The second-order valence-corrected chi connectivity index (χ2v) is 11.5. The maximum absolute atomic E-state index is 13.9. The smallest absolute Gasteiger partial charge is 0.385 e. The zero-order valence-corrected chi connectivity index (χ0v) is 22.9. The predicted octanol–water partition coefficient (Wildman–Crippen LogP) is 6.40. The van der Waals surface area contributed by atoms with Gasteiger partial charge in [0.05, 0.1) is 21.6 Å². The van der Waals surface area contributed by atoms with Crippen molar-refractivity contribution in [2.75, 3.05) is 26.7 Å². The van der Waals surface area contributed by atoms with Gasteiger partial charge in [0.1, 0.15) is 5.82 Å². The predicted molar refractivity (Wildman–Crippen MR) is 145 cm³/mol. The second kappa shape index (κ2) is 10.8. The van der Waals surface area contributed by atoms with Crippen molar-refractivity contribution in [2.45, 2.75) is 43.0 Å². The Labute approximate surface area is 236 Å². The van der Waals surface area contributed by atoms with E-state index < -0.39 is 27.8 Å². The van der Waals surface area contributed by atoms with Crippen LogP contribution in [0.2, 0.25) is 5.02 Å². The fourth-order valence-electron chi connectivity index (χ4n) is 6.04. The highest BCUT2D eigenvalue weighted by atomic mass is 35.5. The number of halogens is 5. The molecule has 1 heterocycles. The molecule has 0 unspecified atom stereocenters. The molecule has 1 saturated heterocycles. The summed E-state index contributed by atoms with van der Waals surface area (Å²) >= 11 is 5.77. The SMILES string of the molecule is CN(Cc1ccc(F)cc1)C(=O)[C@@]1(c2ccccc2)C[C@H]1CN1CCC(O)(c2ccc(Cl)c(C(F)(F)F)c2)CC1. The maximum atomic E-state index is 13.9. The third-order valence-corrected chi connectivity index (χ3v) is 8.76. The molecule has 9 heteroatoms. The Kier molecular flexibility index (Phi) is 7.72. The molecule has 1 saturated carbocycles. The highest BCUT2D eigenvalue weighted by Gasteiger charge is 2.62. The number of aliphatic hydroxyl groups is 1. The lowest BCUT2D eigenvalue weighted by Crippen LogP contribution is -2.44. The summed E-state index contributed by atoms with van der Waals surface area (Å²) < 4.78 is 53.5. The molecule has 40 heavy (non-hydrogen) atoms. The van der Waals surface area contributed by atoms with Crippen LogP contribution in [-0.2, 0) is 28.5 Å². The largest absolute Gasteiger partial charge is 0.417 e. The van der Waals surface area contributed by atoms with Crippen molar-refractivity contribution in [3.05, 3.63) is 106 Å². The quantitative estimate of drug-likeness (QED) is 0.332. The van der Waals surface area contributed by atoms with Gasteiger partial charge in [0, 0.05) is 33.2 Å². The molecule has 0 spiro atoms. The van der Waals surface area contributed by atoms with Crippen LogP contribution in [0.15, 0.2) is 72.8 Å². The van der Waals surface area contributed by atoms with E-state index in [1.165, 1.54) is 24.3 Å². The molecule has 212 valence electrons. The Morgan fingerprint density at radius 1 is 1.02 bits per heavy atom. The molecule has 0 aromatic heterocycles. The first kappa shape index (κ1) is 28.6. The average molecular weight is 575 g/mol. The number of carbonyl (C=O) groups excluding carboxylic acids is 1. The van der Waals surface area contributed by atoms with E-state index in [2.05, 4.69) is 4.90 Å². The topological polar surface area (TPSA) is 43.8 Å². The number of piperidine rings is 1. The summed E-state index contributed by atoms with van der Waals surface area (Å²) in [5, 5.41) is 10.9. The van der Waals surface area contributed by atoms with E-state index in [0.29, 0.717) is 32.6 Å². The monoisotopic (exact) mass is 574 g/mol. The minimum atomic E-state index is -4.60. The Balaban J connectivity index is 1.28. The molecular weight excluding hydrogens is 544 g/mol. The van der Waals surface area contributed by atoms with E-state index >= 15 is 0 Å². The summed E-state index contributed by atoms with van der Waals surface area (Å²) in [6.07, 6.45) is -3.38. The average Bonchev–Trinajstić information content (AvgIpc) is 3.65. The van der Waals surface area contributed by atoms with Crippen LogP contribution in [0.3, 0.4) is 0 Å². The van der Waals surface area contributed by atoms with E-state index in [4.69, 9.17) is 11.6 Å². The fourth-order valence-corrected chi connectivity index (χ4v) is 6.26. The van der Waals surface area contributed by atoms with Crippen molar-refractivity contribution >= 4 is 17.5 Å². The minimum absolute atomic E-state index is 0.00221. The molecular formula is C31H31ClF4N2O2. The maximum Gasteiger partial charge on any atom is 0.417 e. The normalized spacial score (nSPS) is 22.6. The number of amides is 1. The van der Waals surface area contributed by atoms with Gasteiger partial charge >= 0.3 is 6.18 Å². The van der Waals surface area contributed by atoms with Crippen LogP contribution in [0.25, 0.3) is 0 Å². The van der Waals surface area contributed by atoms with Gasteiger partial charge < -0.3 is 14.9 Å². The number of alkyl halides is 3. The third-order valence-electron chi connectivity index (χ3n) is 8.43. The summed E-state index contributed by atoms with van der Waals surface area (Å²) in [5.74, 6) is -0.273. The van der Waals surface area contributed by atoms with Crippen LogP contribution in [0, 0.1) is 11.7 Å². The Morgan fingerprint density at radius 3 is 2.30 bits per heavy atom. The summed E-state index contributed by atoms with van der Waals surface area (Å²) in [6, 6.07) is 19.4. The first-order valence-electron chi connectivity index (χ1n) is 13.3. The molecule has 3 aromatic rings. The first-order chi connectivity index (χ1) is 18.9. The van der Waals surface area contributed by atoms with Crippen molar-refractivity contribution < 1.29 is 27.5 Å². The van der Waals surface area contributed by atoms with Crippen LogP contribution in [0.4, 0.5) is 17.6 Å².